The second kappa shape index (κ2) is 9.07. The van der Waals surface area contributed by atoms with Crippen LogP contribution in [0.4, 0.5) is 0 Å². The Labute approximate surface area is 150 Å². The molecule has 3 rings (SSSR count). The molecule has 0 heteroatoms. The highest BCUT2D eigenvalue weighted by Crippen LogP contribution is 2.45. The van der Waals surface area contributed by atoms with Crippen molar-refractivity contribution >= 4 is 0 Å². The first-order chi connectivity index (χ1) is 11.8. The van der Waals surface area contributed by atoms with E-state index < -0.39 is 0 Å². The topological polar surface area (TPSA) is 0 Å². The van der Waals surface area contributed by atoms with E-state index in [2.05, 4.69) is 44.2 Å². The van der Waals surface area contributed by atoms with Crippen LogP contribution in [0.1, 0.15) is 96.0 Å². The lowest BCUT2D eigenvalue weighted by molar-refractivity contribution is 0.134. The Bertz CT molecular complexity index is 446. The lowest BCUT2D eigenvalue weighted by Crippen LogP contribution is -2.27. The van der Waals surface area contributed by atoms with Crippen molar-refractivity contribution < 1.29 is 0 Å². The Morgan fingerprint density at radius 3 is 1.92 bits per heavy atom. The Morgan fingerprint density at radius 1 is 0.792 bits per heavy atom. The molecule has 0 amide bonds. The molecular weight excluding hydrogens is 288 g/mol. The number of hydrogen-bond donors (Lipinski definition) is 0. The maximum atomic E-state index is 2.39. The Kier molecular flexibility index (Phi) is 6.81. The van der Waals surface area contributed by atoms with E-state index >= 15 is 0 Å². The van der Waals surface area contributed by atoms with Crippen LogP contribution in [-0.4, -0.2) is 0 Å². The van der Waals surface area contributed by atoms with Crippen LogP contribution in [0.25, 0.3) is 0 Å². The third-order valence-corrected chi connectivity index (χ3v) is 7.31. The molecule has 0 nitrogen and oxygen atoms in total. The number of rotatable bonds is 6. The normalized spacial score (nSPS) is 32.4. The summed E-state index contributed by atoms with van der Waals surface area (Å²) in [6.45, 7) is 4.74. The largest absolute Gasteiger partial charge is 0.0654 e. The van der Waals surface area contributed by atoms with Gasteiger partial charge >= 0.3 is 0 Å². The molecule has 1 aromatic carbocycles. The molecule has 0 spiro atoms. The first kappa shape index (κ1) is 18.0. The summed E-state index contributed by atoms with van der Waals surface area (Å²) in [6.07, 6.45) is 16.3. The standard InChI is InChI=1S/C24H38/c1-3-8-19-11-13-20(14-12-19)21-15-17-23(18-16-21)24(4-2)22-9-6-5-7-10-22/h5-7,9-10,19-21,23-24H,3-4,8,11-18H2,1-2H3. The SMILES string of the molecule is CCCC1CCC(C2CCC(C(CC)c3ccccc3)CC2)CC1. The maximum absolute atomic E-state index is 2.39. The van der Waals surface area contributed by atoms with Crippen LogP contribution in [0, 0.1) is 23.7 Å². The van der Waals surface area contributed by atoms with Gasteiger partial charge in [-0.1, -0.05) is 69.9 Å². The van der Waals surface area contributed by atoms with Crippen LogP contribution >= 0.6 is 0 Å². The van der Waals surface area contributed by atoms with Gasteiger partial charge in [-0.05, 0) is 80.1 Å². The van der Waals surface area contributed by atoms with Crippen molar-refractivity contribution in [3.8, 4) is 0 Å². The van der Waals surface area contributed by atoms with Gasteiger partial charge in [-0.15, -0.1) is 0 Å². The summed E-state index contributed by atoms with van der Waals surface area (Å²) in [5.74, 6) is 4.91. The molecule has 1 atom stereocenters. The second-order valence-electron chi connectivity index (χ2n) is 8.67. The van der Waals surface area contributed by atoms with Crippen LogP contribution in [0.3, 0.4) is 0 Å². The fourth-order valence-corrected chi connectivity index (χ4v) is 5.92. The second-order valence-corrected chi connectivity index (χ2v) is 8.67. The molecule has 0 heterocycles. The summed E-state index contributed by atoms with van der Waals surface area (Å²) in [7, 11) is 0. The molecule has 1 unspecified atom stereocenters. The van der Waals surface area contributed by atoms with Crippen LogP contribution in [0.5, 0.6) is 0 Å². The molecule has 2 saturated carbocycles. The molecule has 2 aliphatic rings. The minimum absolute atomic E-state index is 0.799. The highest BCUT2D eigenvalue weighted by atomic mass is 14.4. The molecule has 2 aliphatic carbocycles. The molecule has 134 valence electrons. The lowest BCUT2D eigenvalue weighted by Gasteiger charge is -2.40. The van der Waals surface area contributed by atoms with E-state index in [9.17, 15) is 0 Å². The molecule has 0 aromatic heterocycles. The van der Waals surface area contributed by atoms with Crippen molar-refractivity contribution in [3.63, 3.8) is 0 Å². The Morgan fingerprint density at radius 2 is 1.38 bits per heavy atom. The molecule has 0 N–H and O–H groups in total. The maximum Gasteiger partial charge on any atom is -0.0136 e. The lowest BCUT2D eigenvalue weighted by atomic mass is 9.66. The van der Waals surface area contributed by atoms with E-state index in [0.29, 0.717) is 0 Å². The fourth-order valence-electron chi connectivity index (χ4n) is 5.92. The van der Waals surface area contributed by atoms with Gasteiger partial charge in [0.05, 0.1) is 0 Å². The third kappa shape index (κ3) is 4.44. The molecule has 1 aromatic rings. The van der Waals surface area contributed by atoms with Crippen molar-refractivity contribution in [2.45, 2.75) is 90.4 Å². The van der Waals surface area contributed by atoms with E-state index in [0.717, 1.165) is 29.6 Å². The molecule has 0 saturated heterocycles. The summed E-state index contributed by atoms with van der Waals surface area (Å²) in [6, 6.07) is 11.3. The molecule has 0 aliphatic heterocycles. The van der Waals surface area contributed by atoms with Gasteiger partial charge in [0.25, 0.3) is 0 Å². The molecular formula is C24H38. The van der Waals surface area contributed by atoms with Gasteiger partial charge in [0.2, 0.25) is 0 Å². The van der Waals surface area contributed by atoms with E-state index in [1.165, 1.54) is 70.6 Å². The fraction of sp³-hybridized carbons (Fsp3) is 0.750. The predicted molar refractivity (Wildman–Crippen MR) is 105 cm³/mol. The summed E-state index contributed by atoms with van der Waals surface area (Å²) in [4.78, 5) is 0. The van der Waals surface area contributed by atoms with Gasteiger partial charge in [-0.3, -0.25) is 0 Å². The van der Waals surface area contributed by atoms with Gasteiger partial charge in [0.15, 0.2) is 0 Å². The van der Waals surface area contributed by atoms with Crippen molar-refractivity contribution in [2.75, 3.05) is 0 Å². The summed E-state index contributed by atoms with van der Waals surface area (Å²) >= 11 is 0. The van der Waals surface area contributed by atoms with Crippen molar-refractivity contribution in [3.05, 3.63) is 35.9 Å². The van der Waals surface area contributed by atoms with Crippen LogP contribution in [0.2, 0.25) is 0 Å². The molecule has 0 radical (unpaired) electrons. The predicted octanol–water partition coefficient (Wildman–Crippen LogP) is 7.59. The van der Waals surface area contributed by atoms with Gasteiger partial charge in [0, 0.05) is 0 Å². The average Bonchev–Trinajstić information content (AvgIpc) is 2.65. The minimum Gasteiger partial charge on any atom is -0.0654 e. The van der Waals surface area contributed by atoms with E-state index in [4.69, 9.17) is 0 Å². The van der Waals surface area contributed by atoms with E-state index in [1.807, 2.05) is 0 Å². The summed E-state index contributed by atoms with van der Waals surface area (Å²) in [5.41, 5.74) is 1.59. The van der Waals surface area contributed by atoms with Gasteiger partial charge in [-0.25, -0.2) is 0 Å². The number of hydrogen-bond acceptors (Lipinski definition) is 0. The Balaban J connectivity index is 1.49. The minimum atomic E-state index is 0.799. The van der Waals surface area contributed by atoms with Gasteiger partial charge < -0.3 is 0 Å². The van der Waals surface area contributed by atoms with Crippen LogP contribution in [0.15, 0.2) is 30.3 Å². The molecule has 0 bridgehead atoms. The number of benzene rings is 1. The average molecular weight is 327 g/mol. The van der Waals surface area contributed by atoms with Crippen LogP contribution in [-0.2, 0) is 0 Å². The van der Waals surface area contributed by atoms with Crippen molar-refractivity contribution in [2.24, 2.45) is 23.7 Å². The van der Waals surface area contributed by atoms with Gasteiger partial charge in [0.1, 0.15) is 0 Å². The molecule has 24 heavy (non-hydrogen) atoms. The smallest absolute Gasteiger partial charge is 0.0136 e. The van der Waals surface area contributed by atoms with Crippen molar-refractivity contribution in [1.29, 1.82) is 0 Å². The first-order valence-electron chi connectivity index (χ1n) is 10.9. The van der Waals surface area contributed by atoms with E-state index in [-0.39, 0.29) is 0 Å². The van der Waals surface area contributed by atoms with E-state index in [1.54, 1.807) is 5.56 Å². The van der Waals surface area contributed by atoms with Crippen LogP contribution < -0.4 is 0 Å². The zero-order valence-corrected chi connectivity index (χ0v) is 16.1. The zero-order chi connectivity index (χ0) is 16.8. The van der Waals surface area contributed by atoms with Crippen molar-refractivity contribution in [1.82, 2.24) is 0 Å². The van der Waals surface area contributed by atoms with Gasteiger partial charge in [-0.2, -0.15) is 0 Å². The first-order valence-corrected chi connectivity index (χ1v) is 10.9. The quantitative estimate of drug-likeness (QED) is 0.505. The zero-order valence-electron chi connectivity index (χ0n) is 16.1. The molecule has 2 fully saturated rings. The Hall–Kier alpha value is -0.780. The monoisotopic (exact) mass is 326 g/mol. The summed E-state index contributed by atoms with van der Waals surface area (Å²) in [5, 5.41) is 0. The highest BCUT2D eigenvalue weighted by molar-refractivity contribution is 5.20. The highest BCUT2D eigenvalue weighted by Gasteiger charge is 2.33. The summed E-state index contributed by atoms with van der Waals surface area (Å²) < 4.78 is 0. The third-order valence-electron chi connectivity index (χ3n) is 7.31.